The van der Waals surface area contributed by atoms with Gasteiger partial charge in [0.2, 0.25) is 18.6 Å². The zero-order chi connectivity index (χ0) is 16.9. The lowest BCUT2D eigenvalue weighted by Gasteiger charge is -2.29. The summed E-state index contributed by atoms with van der Waals surface area (Å²) in [5.74, 6) is 0.944. The van der Waals surface area contributed by atoms with E-state index in [0.717, 1.165) is 5.56 Å². The van der Waals surface area contributed by atoms with Crippen LogP contribution in [0.25, 0.3) is 6.08 Å². The average molecular weight is 332 g/mol. The first-order chi connectivity index (χ1) is 11.6. The topological polar surface area (TPSA) is 77.1 Å². The molecule has 0 bridgehead atoms. The third kappa shape index (κ3) is 3.86. The second-order valence-corrected chi connectivity index (χ2v) is 5.61. The van der Waals surface area contributed by atoms with Crippen molar-refractivity contribution in [3.63, 3.8) is 0 Å². The second-order valence-electron chi connectivity index (χ2n) is 5.61. The maximum Gasteiger partial charge on any atom is 0.245 e. The minimum Gasteiger partial charge on any atom is -0.454 e. The van der Waals surface area contributed by atoms with Gasteiger partial charge in [0.15, 0.2) is 11.5 Å². The van der Waals surface area contributed by atoms with E-state index in [-0.39, 0.29) is 18.6 Å². The first kappa shape index (κ1) is 16.3. The molecule has 1 N–H and O–H groups in total. The van der Waals surface area contributed by atoms with Gasteiger partial charge in [-0.05, 0) is 30.7 Å². The predicted molar refractivity (Wildman–Crippen MR) is 86.6 cm³/mol. The van der Waals surface area contributed by atoms with Gasteiger partial charge in [0.05, 0.1) is 13.2 Å². The van der Waals surface area contributed by atoms with Gasteiger partial charge in [-0.2, -0.15) is 0 Å². The number of nitrogens with one attached hydrogen (secondary N) is 1. The molecular formula is C17H20N2O5. The van der Waals surface area contributed by atoms with Crippen LogP contribution in [-0.2, 0) is 14.3 Å². The van der Waals surface area contributed by atoms with Gasteiger partial charge >= 0.3 is 0 Å². The molecule has 1 aromatic rings. The summed E-state index contributed by atoms with van der Waals surface area (Å²) in [5, 5.41) is 2.69. The van der Waals surface area contributed by atoms with Crippen molar-refractivity contribution in [3.05, 3.63) is 29.8 Å². The van der Waals surface area contributed by atoms with Gasteiger partial charge in [-0.25, -0.2) is 0 Å². The molecule has 0 radical (unpaired) electrons. The normalized spacial score (nSPS) is 17.8. The zero-order valence-electron chi connectivity index (χ0n) is 13.5. The molecule has 2 amide bonds. The van der Waals surface area contributed by atoms with Gasteiger partial charge in [-0.15, -0.1) is 0 Å². The van der Waals surface area contributed by atoms with Crippen LogP contribution in [0.1, 0.15) is 12.5 Å². The Morgan fingerprint density at radius 2 is 1.96 bits per heavy atom. The summed E-state index contributed by atoms with van der Waals surface area (Å²) in [5.41, 5.74) is 0.821. The van der Waals surface area contributed by atoms with Crippen LogP contribution in [0, 0.1) is 0 Å². The zero-order valence-corrected chi connectivity index (χ0v) is 13.5. The van der Waals surface area contributed by atoms with E-state index in [4.69, 9.17) is 14.2 Å². The summed E-state index contributed by atoms with van der Waals surface area (Å²) in [4.78, 5) is 25.9. The summed E-state index contributed by atoms with van der Waals surface area (Å²) in [6.07, 6.45) is 3.07. The molecule has 2 aliphatic heterocycles. The highest BCUT2D eigenvalue weighted by atomic mass is 16.7. The number of morpholine rings is 1. The Labute approximate surface area is 140 Å². The third-order valence-corrected chi connectivity index (χ3v) is 3.88. The van der Waals surface area contributed by atoms with E-state index in [9.17, 15) is 9.59 Å². The SMILES string of the molecule is C[C@H](NC(=O)/C=C\c1ccc2c(c1)OCO2)C(=O)N1CCOCC1. The molecule has 24 heavy (non-hydrogen) atoms. The number of fused-ring (bicyclic) bond motifs is 1. The fraction of sp³-hybridized carbons (Fsp3) is 0.412. The van der Waals surface area contributed by atoms with Crippen molar-refractivity contribution in [1.82, 2.24) is 10.2 Å². The summed E-state index contributed by atoms with van der Waals surface area (Å²) in [6, 6.07) is 4.86. The minimum absolute atomic E-state index is 0.0943. The molecule has 0 saturated carbocycles. The summed E-state index contributed by atoms with van der Waals surface area (Å²) >= 11 is 0. The number of carbonyl (C=O) groups is 2. The molecule has 3 rings (SSSR count). The van der Waals surface area contributed by atoms with Crippen molar-refractivity contribution in [3.8, 4) is 11.5 Å². The predicted octanol–water partition coefficient (Wildman–Crippen LogP) is 0.792. The van der Waals surface area contributed by atoms with Crippen molar-refractivity contribution >= 4 is 17.9 Å². The minimum atomic E-state index is -0.572. The van der Waals surface area contributed by atoms with Crippen LogP contribution < -0.4 is 14.8 Å². The summed E-state index contributed by atoms with van der Waals surface area (Å²) < 4.78 is 15.7. The Hall–Kier alpha value is -2.54. The van der Waals surface area contributed by atoms with E-state index >= 15 is 0 Å². The number of carbonyl (C=O) groups excluding carboxylic acids is 2. The molecule has 2 aliphatic rings. The third-order valence-electron chi connectivity index (χ3n) is 3.88. The average Bonchev–Trinajstić information content (AvgIpc) is 3.07. The van der Waals surface area contributed by atoms with Crippen LogP contribution in [0.3, 0.4) is 0 Å². The maximum atomic E-state index is 12.2. The molecule has 7 nitrogen and oxygen atoms in total. The molecule has 0 spiro atoms. The van der Waals surface area contributed by atoms with Crippen LogP contribution in [0.4, 0.5) is 0 Å². The lowest BCUT2D eigenvalue weighted by Crippen LogP contribution is -2.50. The highest BCUT2D eigenvalue weighted by Gasteiger charge is 2.23. The number of amides is 2. The molecule has 1 atom stereocenters. The van der Waals surface area contributed by atoms with Crippen molar-refractivity contribution < 1.29 is 23.8 Å². The fourth-order valence-corrected chi connectivity index (χ4v) is 2.57. The van der Waals surface area contributed by atoms with Crippen molar-refractivity contribution in [2.45, 2.75) is 13.0 Å². The van der Waals surface area contributed by atoms with Gasteiger partial charge in [-0.1, -0.05) is 6.07 Å². The van der Waals surface area contributed by atoms with E-state index in [0.29, 0.717) is 37.8 Å². The van der Waals surface area contributed by atoms with E-state index in [1.54, 1.807) is 30.0 Å². The van der Waals surface area contributed by atoms with Gasteiger partial charge < -0.3 is 24.4 Å². The lowest BCUT2D eigenvalue weighted by atomic mass is 10.2. The van der Waals surface area contributed by atoms with Crippen LogP contribution >= 0.6 is 0 Å². The Morgan fingerprint density at radius 1 is 1.21 bits per heavy atom. The van der Waals surface area contributed by atoms with Crippen LogP contribution in [0.5, 0.6) is 11.5 Å². The molecule has 1 aromatic carbocycles. The first-order valence-corrected chi connectivity index (χ1v) is 7.88. The number of hydrogen-bond donors (Lipinski definition) is 1. The number of rotatable bonds is 4. The molecule has 2 heterocycles. The molecule has 128 valence electrons. The standard InChI is InChI=1S/C17H20N2O5/c1-12(17(21)19-6-8-22-9-7-19)18-16(20)5-3-13-2-4-14-15(10-13)24-11-23-14/h2-5,10,12H,6-9,11H2,1H3,(H,18,20)/b5-3-/t12-/m0/s1. The number of hydrogen-bond acceptors (Lipinski definition) is 5. The van der Waals surface area contributed by atoms with Crippen molar-refractivity contribution in [2.75, 3.05) is 33.1 Å². The quantitative estimate of drug-likeness (QED) is 0.825. The van der Waals surface area contributed by atoms with Crippen molar-refractivity contribution in [1.29, 1.82) is 0 Å². The lowest BCUT2D eigenvalue weighted by molar-refractivity contribution is -0.138. The molecule has 0 aromatic heterocycles. The first-order valence-electron chi connectivity index (χ1n) is 7.88. The Kier molecular flexibility index (Phi) is 5.00. The van der Waals surface area contributed by atoms with Crippen LogP contribution in [-0.4, -0.2) is 55.9 Å². The fourth-order valence-electron chi connectivity index (χ4n) is 2.57. The van der Waals surface area contributed by atoms with Gasteiger partial charge in [-0.3, -0.25) is 9.59 Å². The molecule has 1 saturated heterocycles. The van der Waals surface area contributed by atoms with Crippen LogP contribution in [0.15, 0.2) is 24.3 Å². The molecule has 0 aliphatic carbocycles. The summed E-state index contributed by atoms with van der Waals surface area (Å²) in [7, 11) is 0. The van der Waals surface area contributed by atoms with Gasteiger partial charge in [0.25, 0.3) is 0 Å². The monoisotopic (exact) mass is 332 g/mol. The molecule has 1 fully saturated rings. The molecule has 0 unspecified atom stereocenters. The molecule has 7 heteroatoms. The number of nitrogens with zero attached hydrogens (tertiary/aromatic N) is 1. The summed E-state index contributed by atoms with van der Waals surface area (Å²) in [6.45, 7) is 4.10. The van der Waals surface area contributed by atoms with Gasteiger partial charge in [0.1, 0.15) is 6.04 Å². The smallest absolute Gasteiger partial charge is 0.245 e. The number of benzene rings is 1. The van der Waals surface area contributed by atoms with E-state index < -0.39 is 6.04 Å². The Morgan fingerprint density at radius 3 is 2.75 bits per heavy atom. The second kappa shape index (κ2) is 7.35. The number of ether oxygens (including phenoxy) is 3. The van der Waals surface area contributed by atoms with E-state index in [1.807, 2.05) is 6.07 Å². The van der Waals surface area contributed by atoms with E-state index in [2.05, 4.69) is 5.32 Å². The van der Waals surface area contributed by atoms with E-state index in [1.165, 1.54) is 6.08 Å². The highest BCUT2D eigenvalue weighted by Crippen LogP contribution is 2.32. The molecular weight excluding hydrogens is 312 g/mol. The Balaban J connectivity index is 1.53. The maximum absolute atomic E-state index is 12.2. The van der Waals surface area contributed by atoms with Gasteiger partial charge in [0, 0.05) is 19.2 Å². The van der Waals surface area contributed by atoms with Crippen LogP contribution in [0.2, 0.25) is 0 Å². The highest BCUT2D eigenvalue weighted by molar-refractivity contribution is 5.95. The largest absolute Gasteiger partial charge is 0.454 e. The van der Waals surface area contributed by atoms with Crippen molar-refractivity contribution in [2.24, 2.45) is 0 Å². The Bertz CT molecular complexity index is 652.